The third-order valence-electron chi connectivity index (χ3n) is 1.39. The van der Waals surface area contributed by atoms with Gasteiger partial charge in [0.05, 0.1) is 13.6 Å². The Morgan fingerprint density at radius 1 is 1.42 bits per heavy atom. The minimum Gasteiger partial charge on any atom is -0.288 e. The van der Waals surface area contributed by atoms with Crippen molar-refractivity contribution >= 4 is 60.6 Å². The van der Waals surface area contributed by atoms with Gasteiger partial charge in [0.1, 0.15) is 0 Å². The molecule has 0 fully saturated rings. The summed E-state index contributed by atoms with van der Waals surface area (Å²) in [6.45, 7) is 0. The van der Waals surface area contributed by atoms with E-state index in [4.69, 9.17) is 0 Å². The van der Waals surface area contributed by atoms with Gasteiger partial charge in [0.2, 0.25) is 0 Å². The molecule has 0 aromatic carbocycles. The molecule has 0 bridgehead atoms. The normalized spacial score (nSPS) is 10.8. The third-order valence-corrected chi connectivity index (χ3v) is 5.06. The van der Waals surface area contributed by atoms with Gasteiger partial charge in [0.15, 0.2) is 5.43 Å². The van der Waals surface area contributed by atoms with Crippen molar-refractivity contribution in [2.45, 2.75) is 4.21 Å². The summed E-state index contributed by atoms with van der Waals surface area (Å²) in [4.78, 5) is 11.4. The van der Waals surface area contributed by atoms with E-state index in [-0.39, 0.29) is 5.43 Å². The van der Waals surface area contributed by atoms with Crippen molar-refractivity contribution in [1.29, 1.82) is 0 Å². The van der Waals surface area contributed by atoms with Crippen LogP contribution in [0.5, 0.6) is 0 Å². The molecule has 0 aliphatic carbocycles. The lowest BCUT2D eigenvalue weighted by molar-refractivity contribution is 1.63. The zero-order valence-corrected chi connectivity index (χ0v) is 9.82. The lowest BCUT2D eigenvalue weighted by atomic mass is 10.5. The van der Waals surface area contributed by atoms with E-state index in [0.717, 1.165) is 18.1 Å². The predicted molar refractivity (Wildman–Crippen MR) is 60.9 cm³/mol. The summed E-state index contributed by atoms with van der Waals surface area (Å²) in [5.74, 6) is 0. The number of hydrogen-bond acceptors (Lipinski definition) is 4. The van der Waals surface area contributed by atoms with Crippen LogP contribution in [0.2, 0.25) is 0 Å². The van der Waals surface area contributed by atoms with E-state index in [9.17, 15) is 4.79 Å². The summed E-state index contributed by atoms with van der Waals surface area (Å²) in [7, 11) is 0. The second-order valence-corrected chi connectivity index (χ2v) is 5.76. The molecule has 0 aliphatic rings. The molecule has 2 heterocycles. The summed E-state index contributed by atoms with van der Waals surface area (Å²) in [5.41, 5.74) is 0.0597. The Bertz CT molecular complexity index is 485. The van der Waals surface area contributed by atoms with E-state index < -0.39 is 0 Å². The van der Waals surface area contributed by atoms with Crippen molar-refractivity contribution in [1.82, 2.24) is 0 Å². The molecule has 0 saturated heterocycles. The third kappa shape index (κ3) is 1.35. The lowest BCUT2D eigenvalue weighted by Crippen LogP contribution is -1.94. The second-order valence-electron chi connectivity index (χ2n) is 2.19. The first-order chi connectivity index (χ1) is 5.68. The summed E-state index contributed by atoms with van der Waals surface area (Å²) < 4.78 is 3.55. The first kappa shape index (κ1) is 8.74. The average Bonchev–Trinajstić information content (AvgIpc) is 2.33. The minimum atomic E-state index is 0.0597. The van der Waals surface area contributed by atoms with Crippen molar-refractivity contribution in [3.8, 4) is 0 Å². The number of fused-ring (bicyclic) bond motifs is 1. The zero-order chi connectivity index (χ0) is 8.72. The monoisotopic (exact) mass is 278 g/mol. The molecule has 0 radical (unpaired) electrons. The van der Waals surface area contributed by atoms with Gasteiger partial charge in [-0.25, -0.2) is 0 Å². The van der Waals surface area contributed by atoms with Gasteiger partial charge in [-0.2, -0.15) is 0 Å². The summed E-state index contributed by atoms with van der Waals surface area (Å²) >= 11 is 10.5. The van der Waals surface area contributed by atoms with Crippen LogP contribution in [0.25, 0.3) is 9.40 Å². The van der Waals surface area contributed by atoms with E-state index in [0.29, 0.717) is 0 Å². The van der Waals surface area contributed by atoms with Gasteiger partial charge in [-0.15, -0.1) is 35.3 Å². The largest absolute Gasteiger partial charge is 0.288 e. The van der Waals surface area contributed by atoms with Crippen LogP contribution in [0.15, 0.2) is 24.9 Å². The maximum atomic E-state index is 11.4. The second kappa shape index (κ2) is 3.14. The highest BCUT2D eigenvalue weighted by Gasteiger charge is 2.05. The number of thiophene rings is 1. The predicted octanol–water partition coefficient (Wildman–Crippen LogP) is 3.37. The van der Waals surface area contributed by atoms with Crippen molar-refractivity contribution in [2.75, 3.05) is 0 Å². The first-order valence-electron chi connectivity index (χ1n) is 3.08. The summed E-state index contributed by atoms with van der Waals surface area (Å²) in [6, 6.07) is 1.55. The van der Waals surface area contributed by atoms with Gasteiger partial charge in [-0.05, 0) is 15.9 Å². The Balaban J connectivity index is 3.03. The SMILES string of the molecule is O=c1cc(S)sc2c(Br)csc12. The molecule has 2 aromatic heterocycles. The van der Waals surface area contributed by atoms with Crippen LogP contribution in [0.4, 0.5) is 0 Å². The Hall–Kier alpha value is 0.160. The number of thiol groups is 1. The minimum absolute atomic E-state index is 0.0597. The van der Waals surface area contributed by atoms with Gasteiger partial charge in [0, 0.05) is 15.9 Å². The molecule has 0 amide bonds. The van der Waals surface area contributed by atoms with Crippen molar-refractivity contribution < 1.29 is 0 Å². The summed E-state index contributed by atoms with van der Waals surface area (Å²) in [5, 5.41) is 1.93. The number of hydrogen-bond donors (Lipinski definition) is 1. The van der Waals surface area contributed by atoms with Crippen LogP contribution in [0.3, 0.4) is 0 Å². The fourth-order valence-electron chi connectivity index (χ4n) is 0.903. The highest BCUT2D eigenvalue weighted by atomic mass is 79.9. The highest BCUT2D eigenvalue weighted by molar-refractivity contribution is 9.10. The quantitative estimate of drug-likeness (QED) is 0.732. The molecular weight excluding hydrogens is 276 g/mol. The van der Waals surface area contributed by atoms with E-state index in [1.807, 2.05) is 5.38 Å². The zero-order valence-electron chi connectivity index (χ0n) is 5.70. The molecule has 2 rings (SSSR count). The van der Waals surface area contributed by atoms with Gasteiger partial charge < -0.3 is 0 Å². The average molecular weight is 279 g/mol. The number of rotatable bonds is 0. The standard InChI is InChI=1S/C7H3BrOS3/c8-3-2-11-7-4(9)1-5(10)12-6(3)7/h1-2,10H. The number of halogens is 1. The molecule has 0 saturated carbocycles. The van der Waals surface area contributed by atoms with Crippen molar-refractivity contribution in [3.63, 3.8) is 0 Å². The highest BCUT2D eigenvalue weighted by Crippen LogP contribution is 2.33. The lowest BCUT2D eigenvalue weighted by Gasteiger charge is -1.89. The molecule has 0 unspecified atom stereocenters. The molecule has 0 N–H and O–H groups in total. The molecule has 62 valence electrons. The molecule has 1 nitrogen and oxygen atoms in total. The Morgan fingerprint density at radius 2 is 2.17 bits per heavy atom. The molecule has 0 spiro atoms. The van der Waals surface area contributed by atoms with E-state index >= 15 is 0 Å². The van der Waals surface area contributed by atoms with Gasteiger partial charge in [-0.3, -0.25) is 4.79 Å². The van der Waals surface area contributed by atoms with Crippen LogP contribution in [0.1, 0.15) is 0 Å². The Kier molecular flexibility index (Phi) is 2.29. The van der Waals surface area contributed by atoms with Crippen LogP contribution in [-0.2, 0) is 0 Å². The Morgan fingerprint density at radius 3 is 2.92 bits per heavy atom. The van der Waals surface area contributed by atoms with E-state index in [1.54, 1.807) is 6.07 Å². The van der Waals surface area contributed by atoms with Gasteiger partial charge in [0.25, 0.3) is 0 Å². The van der Waals surface area contributed by atoms with Crippen LogP contribution >= 0.6 is 51.2 Å². The Labute approximate surface area is 90.6 Å². The molecule has 0 atom stereocenters. The van der Waals surface area contributed by atoms with Crippen LogP contribution in [-0.4, -0.2) is 0 Å². The van der Waals surface area contributed by atoms with Gasteiger partial charge in [-0.1, -0.05) is 0 Å². The molecular formula is C7H3BrOS3. The molecule has 5 heteroatoms. The van der Waals surface area contributed by atoms with Crippen LogP contribution in [0, 0.1) is 0 Å². The fourth-order valence-corrected chi connectivity index (χ4v) is 3.95. The van der Waals surface area contributed by atoms with E-state index in [2.05, 4.69) is 28.6 Å². The smallest absolute Gasteiger partial charge is 0.199 e. The summed E-state index contributed by atoms with van der Waals surface area (Å²) in [6.07, 6.45) is 0. The molecule has 2 aromatic rings. The van der Waals surface area contributed by atoms with Crippen molar-refractivity contribution in [3.05, 3.63) is 26.1 Å². The molecule has 12 heavy (non-hydrogen) atoms. The first-order valence-corrected chi connectivity index (χ1v) is 6.02. The van der Waals surface area contributed by atoms with Gasteiger partial charge >= 0.3 is 0 Å². The van der Waals surface area contributed by atoms with Crippen molar-refractivity contribution in [2.24, 2.45) is 0 Å². The maximum Gasteiger partial charge on any atom is 0.199 e. The maximum absolute atomic E-state index is 11.4. The fraction of sp³-hybridized carbons (Fsp3) is 0. The van der Waals surface area contributed by atoms with Crippen LogP contribution < -0.4 is 5.43 Å². The molecule has 0 aliphatic heterocycles. The topological polar surface area (TPSA) is 17.1 Å². The van der Waals surface area contributed by atoms with E-state index in [1.165, 1.54) is 22.7 Å².